The molecule has 0 atom stereocenters. The van der Waals surface area contributed by atoms with Gasteiger partial charge in [-0.2, -0.15) is 0 Å². The molecule has 4 nitrogen and oxygen atoms in total. The summed E-state index contributed by atoms with van der Waals surface area (Å²) in [7, 11) is 0. The molecule has 0 bridgehead atoms. The molecule has 0 aliphatic carbocycles. The third-order valence-electron chi connectivity index (χ3n) is 12.6. The van der Waals surface area contributed by atoms with E-state index in [0.717, 1.165) is 11.3 Å². The molecule has 0 fully saturated rings. The molecular weight excluding hydrogens is 667 g/mol. The second kappa shape index (κ2) is 10.8. The van der Waals surface area contributed by atoms with Crippen LogP contribution in [0.2, 0.25) is 0 Å². The highest BCUT2D eigenvalue weighted by atomic mass is 15.0. The number of aromatic nitrogens is 4. The van der Waals surface area contributed by atoms with E-state index < -0.39 is 0 Å². The first-order chi connectivity index (χ1) is 25.8. The lowest BCUT2D eigenvalue weighted by molar-refractivity contribution is 0.572. The highest BCUT2D eigenvalue weighted by molar-refractivity contribution is 7.00. The normalized spacial score (nSPS) is 14.1. The van der Waals surface area contributed by atoms with E-state index in [2.05, 4.69) is 176 Å². The van der Waals surface area contributed by atoms with E-state index in [-0.39, 0.29) is 28.4 Å². The fourth-order valence-corrected chi connectivity index (χ4v) is 9.83. The second-order valence-electron chi connectivity index (χ2n) is 20.4. The van der Waals surface area contributed by atoms with Gasteiger partial charge in [0.2, 0.25) is 0 Å². The molecule has 2 aliphatic heterocycles. The van der Waals surface area contributed by atoms with Crippen molar-refractivity contribution in [3.05, 3.63) is 114 Å². The number of benzene rings is 5. The first-order valence-corrected chi connectivity index (χ1v) is 20.0. The Morgan fingerprint density at radius 3 is 1.40 bits per heavy atom. The lowest BCUT2D eigenvalue weighted by atomic mass is 9.34. The van der Waals surface area contributed by atoms with Crippen LogP contribution in [0.5, 0.6) is 0 Å². The maximum absolute atomic E-state index is 4.85. The van der Waals surface area contributed by atoms with Crippen molar-refractivity contribution in [2.24, 2.45) is 0 Å². The molecule has 5 heteroatoms. The summed E-state index contributed by atoms with van der Waals surface area (Å²) in [5.41, 5.74) is 19.3. The summed E-state index contributed by atoms with van der Waals surface area (Å²) in [6.07, 6.45) is 3.54. The molecule has 0 radical (unpaired) electrons. The topological polar surface area (TPSA) is 35.6 Å². The van der Waals surface area contributed by atoms with Crippen molar-refractivity contribution in [3.63, 3.8) is 0 Å². The number of fused-ring (bicyclic) bond motifs is 10. The van der Waals surface area contributed by atoms with Gasteiger partial charge in [-0.1, -0.05) is 132 Å². The van der Waals surface area contributed by atoms with Crippen molar-refractivity contribution in [2.45, 2.75) is 105 Å². The SMILES string of the molecule is CC(C)(C)c1cc(C(C)(C)C)c2c3cccc4c3n(c2c1)-c1cc(-c2ccncn2)cc2c1B4c1cccc3c4c(C(C)(C)C)cc(C(C)(C)C)cc4n-2c13. The van der Waals surface area contributed by atoms with Crippen molar-refractivity contribution < 1.29 is 0 Å². The zero-order valence-electron chi connectivity index (χ0n) is 34.5. The molecule has 5 aromatic carbocycles. The standard InChI is InChI=1S/C50H51BN4/c1-47(2,3)29-23-33(49(7,8)9)42-31-15-13-17-35-45(31)54(38(42)25-29)40-21-28(37-19-20-52-27-53-37)22-41-44(40)51(35)36-18-14-16-32-43-34(50(10,11)12)24-30(48(4,5)6)26-39(43)55(41)46(32)36/h13-27H,1-12H3. The van der Waals surface area contributed by atoms with Crippen LogP contribution in [0.1, 0.15) is 105 Å². The van der Waals surface area contributed by atoms with Crippen LogP contribution in [0.3, 0.4) is 0 Å². The molecule has 3 aromatic heterocycles. The summed E-state index contributed by atoms with van der Waals surface area (Å²) in [4.78, 5) is 9.17. The number of nitrogens with zero attached hydrogens (tertiary/aromatic N) is 4. The van der Waals surface area contributed by atoms with Crippen molar-refractivity contribution in [3.8, 4) is 22.6 Å². The molecule has 0 saturated carbocycles. The van der Waals surface area contributed by atoms with Crippen LogP contribution in [0.15, 0.2) is 91.4 Å². The number of hydrogen-bond donors (Lipinski definition) is 0. The van der Waals surface area contributed by atoms with Crippen LogP contribution in [0.25, 0.3) is 66.2 Å². The fraction of sp³-hybridized carbons (Fsp3) is 0.320. The molecule has 0 spiro atoms. The van der Waals surface area contributed by atoms with E-state index in [1.54, 1.807) is 6.33 Å². The Kier molecular flexibility index (Phi) is 6.73. The van der Waals surface area contributed by atoms with Crippen LogP contribution < -0.4 is 16.4 Å². The van der Waals surface area contributed by atoms with Crippen molar-refractivity contribution in [1.82, 2.24) is 19.1 Å². The minimum atomic E-state index is -0.0504. The van der Waals surface area contributed by atoms with Crippen molar-refractivity contribution >= 4 is 66.7 Å². The molecule has 55 heavy (non-hydrogen) atoms. The molecule has 2 aliphatic rings. The average Bonchev–Trinajstić information content (AvgIpc) is 3.64. The van der Waals surface area contributed by atoms with E-state index in [1.807, 2.05) is 6.20 Å². The highest BCUT2D eigenvalue weighted by Crippen LogP contribution is 2.46. The zero-order chi connectivity index (χ0) is 38.7. The van der Waals surface area contributed by atoms with Crippen LogP contribution in [-0.2, 0) is 21.7 Å². The van der Waals surface area contributed by atoms with E-state index in [1.165, 1.54) is 93.6 Å². The summed E-state index contributed by atoms with van der Waals surface area (Å²) in [5, 5.41) is 5.40. The Labute approximate surface area is 325 Å². The van der Waals surface area contributed by atoms with Gasteiger partial charge < -0.3 is 9.13 Å². The first kappa shape index (κ1) is 34.3. The summed E-state index contributed by atoms with van der Waals surface area (Å²) in [5.74, 6) is 0. The van der Waals surface area contributed by atoms with Gasteiger partial charge in [-0.3, -0.25) is 0 Å². The molecule has 274 valence electrons. The molecule has 0 N–H and O–H groups in total. The van der Waals surface area contributed by atoms with E-state index in [4.69, 9.17) is 4.98 Å². The lowest BCUT2D eigenvalue weighted by Crippen LogP contribution is -2.59. The molecule has 10 rings (SSSR count). The third-order valence-corrected chi connectivity index (χ3v) is 12.6. The first-order valence-electron chi connectivity index (χ1n) is 20.0. The van der Waals surface area contributed by atoms with Crippen LogP contribution in [-0.4, -0.2) is 25.8 Å². The molecule has 0 saturated heterocycles. The predicted molar refractivity (Wildman–Crippen MR) is 236 cm³/mol. The van der Waals surface area contributed by atoms with Gasteiger partial charge in [0.25, 0.3) is 6.71 Å². The number of para-hydroxylation sites is 2. The van der Waals surface area contributed by atoms with Crippen molar-refractivity contribution in [1.29, 1.82) is 0 Å². The summed E-state index contributed by atoms with van der Waals surface area (Å²) >= 11 is 0. The fourth-order valence-electron chi connectivity index (χ4n) is 9.83. The molecular formula is C50H51BN4. The summed E-state index contributed by atoms with van der Waals surface area (Å²) in [6, 6.07) is 31.0. The molecule has 0 unspecified atom stereocenters. The number of hydrogen-bond acceptors (Lipinski definition) is 2. The maximum atomic E-state index is 4.85. The van der Waals surface area contributed by atoms with Crippen LogP contribution in [0, 0.1) is 0 Å². The van der Waals surface area contributed by atoms with Gasteiger partial charge in [-0.05, 0) is 90.6 Å². The Bertz CT molecular complexity index is 2770. The van der Waals surface area contributed by atoms with E-state index >= 15 is 0 Å². The molecule has 5 heterocycles. The predicted octanol–water partition coefficient (Wildman–Crippen LogP) is 10.7. The smallest absolute Gasteiger partial charge is 0.252 e. The Hall–Kier alpha value is -5.16. The molecule has 8 aromatic rings. The quantitative estimate of drug-likeness (QED) is 0.158. The largest absolute Gasteiger partial charge is 0.310 e. The van der Waals surface area contributed by atoms with Gasteiger partial charge in [-0.15, -0.1) is 0 Å². The van der Waals surface area contributed by atoms with Gasteiger partial charge in [0.05, 0.1) is 16.7 Å². The maximum Gasteiger partial charge on any atom is 0.252 e. The van der Waals surface area contributed by atoms with Gasteiger partial charge in [0.15, 0.2) is 0 Å². The highest BCUT2D eigenvalue weighted by Gasteiger charge is 2.42. The van der Waals surface area contributed by atoms with Crippen molar-refractivity contribution in [2.75, 3.05) is 0 Å². The van der Waals surface area contributed by atoms with Gasteiger partial charge in [-0.25, -0.2) is 9.97 Å². The Balaban J connectivity index is 1.46. The van der Waals surface area contributed by atoms with Gasteiger partial charge in [0, 0.05) is 55.7 Å². The third kappa shape index (κ3) is 4.71. The summed E-state index contributed by atoms with van der Waals surface area (Å²) in [6.45, 7) is 28.3. The molecule has 0 amide bonds. The summed E-state index contributed by atoms with van der Waals surface area (Å²) < 4.78 is 5.25. The second-order valence-corrected chi connectivity index (χ2v) is 20.4. The van der Waals surface area contributed by atoms with Crippen LogP contribution >= 0.6 is 0 Å². The monoisotopic (exact) mass is 718 g/mol. The Morgan fingerprint density at radius 2 is 1.00 bits per heavy atom. The zero-order valence-corrected chi connectivity index (χ0v) is 34.5. The average molecular weight is 719 g/mol. The van der Waals surface area contributed by atoms with E-state index in [0.29, 0.717) is 0 Å². The van der Waals surface area contributed by atoms with Crippen LogP contribution in [0.4, 0.5) is 0 Å². The minimum absolute atomic E-state index is 0.0166. The minimum Gasteiger partial charge on any atom is -0.310 e. The van der Waals surface area contributed by atoms with E-state index in [9.17, 15) is 0 Å². The Morgan fingerprint density at radius 1 is 0.527 bits per heavy atom. The lowest BCUT2D eigenvalue weighted by Gasteiger charge is -2.34. The number of rotatable bonds is 1. The van der Waals surface area contributed by atoms with Gasteiger partial charge >= 0.3 is 0 Å². The van der Waals surface area contributed by atoms with Gasteiger partial charge in [0.1, 0.15) is 6.33 Å².